The molecule has 0 radical (unpaired) electrons. The van der Waals surface area contributed by atoms with E-state index < -0.39 is 53.4 Å². The SMILES string of the molecule is CCOC(=O)N[C@H]1CCCC/C=C\[C@@H]2C[C@@]2(C(=O)O)NC(=O)[C@@H]2C[C@@H](Oc3cc(OCC)nc4c(F)cccc34)CN2C(=O)C1. The molecule has 2 aromatic rings. The number of allylic oxidation sites excluding steroid dienone is 1. The van der Waals surface area contributed by atoms with E-state index in [2.05, 4.69) is 15.6 Å². The molecule has 242 valence electrons. The third-order valence-electron chi connectivity index (χ3n) is 8.50. The summed E-state index contributed by atoms with van der Waals surface area (Å²) in [5.41, 5.74) is -1.38. The van der Waals surface area contributed by atoms with Crippen LogP contribution in [0.25, 0.3) is 10.9 Å². The second-order valence-corrected chi connectivity index (χ2v) is 11.6. The third-order valence-corrected chi connectivity index (χ3v) is 8.50. The smallest absolute Gasteiger partial charge is 0.407 e. The van der Waals surface area contributed by atoms with Gasteiger partial charge in [0.2, 0.25) is 17.7 Å². The number of carbonyl (C=O) groups is 4. The van der Waals surface area contributed by atoms with Gasteiger partial charge in [-0.2, -0.15) is 0 Å². The second-order valence-electron chi connectivity index (χ2n) is 11.6. The van der Waals surface area contributed by atoms with Gasteiger partial charge in [-0.15, -0.1) is 0 Å². The van der Waals surface area contributed by atoms with Crippen molar-refractivity contribution in [3.63, 3.8) is 0 Å². The number of nitrogens with one attached hydrogen (secondary N) is 2. The number of nitrogens with zero attached hydrogens (tertiary/aromatic N) is 2. The second kappa shape index (κ2) is 13.7. The van der Waals surface area contributed by atoms with E-state index in [9.17, 15) is 28.7 Å². The van der Waals surface area contributed by atoms with E-state index in [-0.39, 0.29) is 55.5 Å². The molecule has 1 aliphatic carbocycles. The molecule has 1 saturated carbocycles. The average Bonchev–Trinajstić information content (AvgIpc) is 3.52. The zero-order chi connectivity index (χ0) is 32.1. The zero-order valence-electron chi connectivity index (χ0n) is 25.4. The lowest BCUT2D eigenvalue weighted by molar-refractivity contribution is -0.145. The van der Waals surface area contributed by atoms with Crippen molar-refractivity contribution in [2.24, 2.45) is 5.92 Å². The number of aliphatic carboxylic acids is 1. The number of hydrogen-bond acceptors (Lipinski definition) is 8. The number of rotatable bonds is 7. The number of para-hydroxylation sites is 1. The maximum Gasteiger partial charge on any atom is 0.407 e. The Labute approximate surface area is 260 Å². The van der Waals surface area contributed by atoms with Crippen LogP contribution in [-0.4, -0.2) is 82.4 Å². The number of hydrogen-bond donors (Lipinski definition) is 3. The van der Waals surface area contributed by atoms with Gasteiger partial charge in [0.05, 0.1) is 19.8 Å². The monoisotopic (exact) mass is 626 g/mol. The fourth-order valence-corrected chi connectivity index (χ4v) is 6.14. The van der Waals surface area contributed by atoms with Gasteiger partial charge in [0.1, 0.15) is 34.8 Å². The van der Waals surface area contributed by atoms with E-state index in [0.29, 0.717) is 31.3 Å². The van der Waals surface area contributed by atoms with Crippen molar-refractivity contribution in [3.8, 4) is 11.6 Å². The molecule has 0 unspecified atom stereocenters. The summed E-state index contributed by atoms with van der Waals surface area (Å²) < 4.78 is 31.6. The van der Waals surface area contributed by atoms with Crippen LogP contribution < -0.4 is 20.1 Å². The summed E-state index contributed by atoms with van der Waals surface area (Å²) in [5, 5.41) is 15.9. The number of amides is 3. The zero-order valence-corrected chi connectivity index (χ0v) is 25.4. The van der Waals surface area contributed by atoms with Crippen LogP contribution in [0.3, 0.4) is 0 Å². The summed E-state index contributed by atoms with van der Waals surface area (Å²) in [6.45, 7) is 3.94. The summed E-state index contributed by atoms with van der Waals surface area (Å²) in [6.07, 6.45) is 5.36. The quantitative estimate of drug-likeness (QED) is 0.390. The molecule has 5 rings (SSSR count). The lowest BCUT2D eigenvalue weighted by atomic mass is 10.0. The Morgan fingerprint density at radius 2 is 2.04 bits per heavy atom. The fourth-order valence-electron chi connectivity index (χ4n) is 6.14. The van der Waals surface area contributed by atoms with E-state index in [1.807, 2.05) is 12.2 Å². The Bertz CT molecular complexity index is 1480. The topological polar surface area (TPSA) is 156 Å². The van der Waals surface area contributed by atoms with Crippen LogP contribution in [0.2, 0.25) is 0 Å². The first-order valence-electron chi connectivity index (χ1n) is 15.5. The molecule has 2 aliphatic heterocycles. The molecule has 13 heteroatoms. The molecular formula is C32H39FN4O8. The number of carbonyl (C=O) groups excluding carboxylic acids is 3. The average molecular weight is 627 g/mol. The van der Waals surface area contributed by atoms with Crippen molar-refractivity contribution in [1.82, 2.24) is 20.5 Å². The largest absolute Gasteiger partial charge is 0.488 e. The van der Waals surface area contributed by atoms with E-state index in [1.54, 1.807) is 26.0 Å². The Hall–Kier alpha value is -4.42. The summed E-state index contributed by atoms with van der Waals surface area (Å²) >= 11 is 0. The fraction of sp³-hybridized carbons (Fsp3) is 0.531. The van der Waals surface area contributed by atoms with Crippen molar-refractivity contribution < 1.29 is 42.9 Å². The normalized spacial score (nSPS) is 27.7. The van der Waals surface area contributed by atoms with Crippen LogP contribution in [0.5, 0.6) is 11.6 Å². The molecule has 1 aromatic heterocycles. The Morgan fingerprint density at radius 3 is 2.80 bits per heavy atom. The molecule has 3 N–H and O–H groups in total. The lowest BCUT2D eigenvalue weighted by Crippen LogP contribution is -2.53. The number of ether oxygens (including phenoxy) is 3. The minimum Gasteiger partial charge on any atom is -0.488 e. The summed E-state index contributed by atoms with van der Waals surface area (Å²) in [5.74, 6) is -2.61. The lowest BCUT2D eigenvalue weighted by Gasteiger charge is -2.27. The molecule has 3 aliphatic rings. The van der Waals surface area contributed by atoms with E-state index in [0.717, 1.165) is 6.42 Å². The van der Waals surface area contributed by atoms with E-state index >= 15 is 0 Å². The minimum absolute atomic E-state index is 0.00947. The molecule has 45 heavy (non-hydrogen) atoms. The van der Waals surface area contributed by atoms with Gasteiger partial charge in [-0.1, -0.05) is 24.6 Å². The standard InChI is InChI=1S/C32H39FN4O8/c1-3-43-26-16-25(22-12-9-13-23(33)28(22)35-26)45-21-15-24-29(39)36-32(30(40)41)17-19(32)10-7-5-6-8-11-20(34-31(42)44-4-2)14-27(38)37(24)18-21/h7,9-10,12-13,16,19-21,24H,3-6,8,11,14-15,17-18H2,1-2H3,(H,34,42)(H,36,39)(H,40,41)/b10-7-/t19-,20+,21-,24+,32-/m1/s1. The van der Waals surface area contributed by atoms with E-state index in [1.165, 1.54) is 17.0 Å². The predicted octanol–water partition coefficient (Wildman–Crippen LogP) is 3.72. The van der Waals surface area contributed by atoms with Crippen molar-refractivity contribution >= 4 is 34.8 Å². The summed E-state index contributed by atoms with van der Waals surface area (Å²) in [6, 6.07) is 4.45. The van der Waals surface area contributed by atoms with Crippen molar-refractivity contribution in [3.05, 3.63) is 42.2 Å². The first kappa shape index (κ1) is 32.0. The van der Waals surface area contributed by atoms with Crippen molar-refractivity contribution in [2.45, 2.75) is 82.5 Å². The molecule has 3 amide bonds. The molecule has 5 atom stereocenters. The first-order valence-corrected chi connectivity index (χ1v) is 15.5. The molecular weight excluding hydrogens is 587 g/mol. The van der Waals surface area contributed by atoms with Gasteiger partial charge in [0.25, 0.3) is 0 Å². The van der Waals surface area contributed by atoms with Gasteiger partial charge in [0, 0.05) is 36.3 Å². The molecule has 12 nitrogen and oxygen atoms in total. The van der Waals surface area contributed by atoms with Crippen LogP contribution >= 0.6 is 0 Å². The highest BCUT2D eigenvalue weighted by molar-refractivity contribution is 5.95. The van der Waals surface area contributed by atoms with Crippen LogP contribution in [0.1, 0.15) is 58.8 Å². The Kier molecular flexibility index (Phi) is 9.74. The molecule has 0 bridgehead atoms. The molecule has 1 saturated heterocycles. The predicted molar refractivity (Wildman–Crippen MR) is 160 cm³/mol. The van der Waals surface area contributed by atoms with Gasteiger partial charge < -0.3 is 34.9 Å². The third kappa shape index (κ3) is 7.12. The number of pyridine rings is 1. The Balaban J connectivity index is 1.44. The maximum absolute atomic E-state index is 14.7. The van der Waals surface area contributed by atoms with Gasteiger partial charge in [-0.05, 0) is 51.7 Å². The van der Waals surface area contributed by atoms with Gasteiger partial charge in [-0.3, -0.25) is 9.59 Å². The number of benzene rings is 1. The van der Waals surface area contributed by atoms with Gasteiger partial charge >= 0.3 is 12.1 Å². The van der Waals surface area contributed by atoms with E-state index in [4.69, 9.17) is 14.2 Å². The summed E-state index contributed by atoms with van der Waals surface area (Å²) in [7, 11) is 0. The molecule has 1 aromatic carbocycles. The highest BCUT2D eigenvalue weighted by Crippen LogP contribution is 2.45. The molecule has 0 spiro atoms. The van der Waals surface area contributed by atoms with Crippen molar-refractivity contribution in [1.29, 1.82) is 0 Å². The highest BCUT2D eigenvalue weighted by atomic mass is 19.1. The molecule has 3 heterocycles. The molecule has 2 fully saturated rings. The number of fused-ring (bicyclic) bond motifs is 3. The number of aromatic nitrogens is 1. The minimum atomic E-state index is -1.44. The van der Waals surface area contributed by atoms with Crippen LogP contribution in [-0.2, 0) is 19.1 Å². The number of alkyl carbamates (subject to hydrolysis) is 1. The Morgan fingerprint density at radius 1 is 1.22 bits per heavy atom. The van der Waals surface area contributed by atoms with Gasteiger partial charge in [-0.25, -0.2) is 19.0 Å². The number of halogens is 1. The number of carboxylic acids is 1. The first-order chi connectivity index (χ1) is 21.6. The summed E-state index contributed by atoms with van der Waals surface area (Å²) in [4.78, 5) is 57.8. The highest BCUT2D eigenvalue weighted by Gasteiger charge is 2.61. The maximum atomic E-state index is 14.7. The van der Waals surface area contributed by atoms with Crippen LogP contribution in [0.15, 0.2) is 36.4 Å². The van der Waals surface area contributed by atoms with Crippen LogP contribution in [0.4, 0.5) is 9.18 Å². The number of carboxylic acid groups (broad SMARTS) is 1. The van der Waals surface area contributed by atoms with Crippen LogP contribution in [0, 0.1) is 11.7 Å². The van der Waals surface area contributed by atoms with Crippen molar-refractivity contribution in [2.75, 3.05) is 19.8 Å². The van der Waals surface area contributed by atoms with Gasteiger partial charge in [0.15, 0.2) is 0 Å².